The highest BCUT2D eigenvalue weighted by Gasteiger charge is 2.33. The number of hydrogen-bond donors (Lipinski definition) is 2. The maximum Gasteiger partial charge on any atom is 0.244 e. The number of piperidine rings is 1. The Morgan fingerprint density at radius 3 is 2.83 bits per heavy atom. The molecular weight excluding hydrogens is 388 g/mol. The van der Waals surface area contributed by atoms with Crippen LogP contribution in [0.2, 0.25) is 0 Å². The summed E-state index contributed by atoms with van der Waals surface area (Å²) in [6, 6.07) is 8.08. The highest BCUT2D eigenvalue weighted by Crippen LogP contribution is 2.29. The monoisotopic (exact) mass is 420 g/mol. The van der Waals surface area contributed by atoms with Gasteiger partial charge in [-0.25, -0.2) is 0 Å². The Bertz CT molecular complexity index is 723. The molecule has 29 heavy (non-hydrogen) atoms. The van der Waals surface area contributed by atoms with Gasteiger partial charge in [-0.15, -0.1) is 12.4 Å². The predicted molar refractivity (Wildman–Crippen MR) is 118 cm³/mol. The van der Waals surface area contributed by atoms with Crippen LogP contribution in [0.5, 0.6) is 0 Å². The van der Waals surface area contributed by atoms with Crippen molar-refractivity contribution in [1.82, 2.24) is 15.5 Å². The molecule has 3 atom stereocenters. The molecule has 2 amide bonds. The summed E-state index contributed by atoms with van der Waals surface area (Å²) in [7, 11) is 0. The Labute approximate surface area is 179 Å². The molecule has 0 aliphatic carbocycles. The van der Waals surface area contributed by atoms with Gasteiger partial charge >= 0.3 is 0 Å². The number of carbonyl (C=O) groups is 2. The molecule has 4 rings (SSSR count). The zero-order valence-electron chi connectivity index (χ0n) is 17.2. The minimum absolute atomic E-state index is 0. The molecule has 3 aliphatic rings. The summed E-state index contributed by atoms with van der Waals surface area (Å²) in [4.78, 5) is 29.7. The number of carbonyl (C=O) groups excluding carboxylic acids is 2. The Morgan fingerprint density at radius 2 is 2.03 bits per heavy atom. The van der Waals surface area contributed by atoms with Crippen molar-refractivity contribution in [1.29, 1.82) is 0 Å². The molecule has 1 aromatic rings. The largest absolute Gasteiger partial charge is 0.354 e. The van der Waals surface area contributed by atoms with Crippen molar-refractivity contribution in [3.05, 3.63) is 29.8 Å². The van der Waals surface area contributed by atoms with Crippen LogP contribution in [-0.4, -0.2) is 61.5 Å². The highest BCUT2D eigenvalue weighted by molar-refractivity contribution is 5.98. The van der Waals surface area contributed by atoms with Crippen molar-refractivity contribution in [2.75, 3.05) is 37.6 Å². The molecule has 0 radical (unpaired) electrons. The third-order valence-corrected chi connectivity index (χ3v) is 6.55. The number of likely N-dealkylation sites (tertiary alicyclic amines) is 1. The number of anilines is 1. The molecule has 3 unspecified atom stereocenters. The molecule has 0 bridgehead atoms. The van der Waals surface area contributed by atoms with Crippen molar-refractivity contribution in [2.24, 2.45) is 5.92 Å². The standard InChI is InChI=1S/C22H32N4O2.ClH/c1-16(22(28)26-13-10-18-7-2-3-9-20(18)26)25-12-5-6-17(15-25)14-24-21(27)19-8-4-11-23-19;/h2-3,7,9,16-17,19,23H,4-6,8,10-15H2,1H3,(H,24,27);1H. The number of nitrogens with zero attached hydrogens (tertiary/aromatic N) is 2. The van der Waals surface area contributed by atoms with Crippen molar-refractivity contribution in [2.45, 2.75) is 51.1 Å². The van der Waals surface area contributed by atoms with Gasteiger partial charge in [0.05, 0.1) is 12.1 Å². The molecular formula is C22H33ClN4O2. The van der Waals surface area contributed by atoms with Crippen LogP contribution in [0.1, 0.15) is 38.2 Å². The second-order valence-electron chi connectivity index (χ2n) is 8.44. The number of benzene rings is 1. The van der Waals surface area contributed by atoms with E-state index in [1.54, 1.807) is 0 Å². The van der Waals surface area contributed by atoms with Crippen molar-refractivity contribution < 1.29 is 9.59 Å². The highest BCUT2D eigenvalue weighted by atomic mass is 35.5. The van der Waals surface area contributed by atoms with E-state index in [-0.39, 0.29) is 36.3 Å². The number of amides is 2. The number of para-hydroxylation sites is 1. The summed E-state index contributed by atoms with van der Waals surface area (Å²) in [6.45, 7) is 6.30. The summed E-state index contributed by atoms with van der Waals surface area (Å²) >= 11 is 0. The zero-order valence-corrected chi connectivity index (χ0v) is 18.0. The second kappa shape index (κ2) is 9.92. The van der Waals surface area contributed by atoms with E-state index in [1.807, 2.05) is 24.0 Å². The molecule has 160 valence electrons. The number of hydrogen-bond acceptors (Lipinski definition) is 4. The van der Waals surface area contributed by atoms with E-state index in [1.165, 1.54) is 5.56 Å². The molecule has 2 fully saturated rings. The third kappa shape index (κ3) is 4.93. The van der Waals surface area contributed by atoms with Crippen LogP contribution in [0.15, 0.2) is 24.3 Å². The maximum atomic E-state index is 13.2. The van der Waals surface area contributed by atoms with E-state index in [2.05, 4.69) is 27.7 Å². The fourth-order valence-corrected chi connectivity index (χ4v) is 4.84. The van der Waals surface area contributed by atoms with Gasteiger partial charge in [-0.1, -0.05) is 18.2 Å². The average Bonchev–Trinajstić information content (AvgIpc) is 3.41. The van der Waals surface area contributed by atoms with Gasteiger partial charge in [-0.3, -0.25) is 14.5 Å². The second-order valence-corrected chi connectivity index (χ2v) is 8.44. The summed E-state index contributed by atoms with van der Waals surface area (Å²) in [5, 5.41) is 6.38. The molecule has 0 saturated carbocycles. The van der Waals surface area contributed by atoms with Gasteiger partial charge in [-0.2, -0.15) is 0 Å². The fraction of sp³-hybridized carbons (Fsp3) is 0.636. The van der Waals surface area contributed by atoms with E-state index in [0.717, 1.165) is 64.0 Å². The SMILES string of the molecule is CC(C(=O)N1CCc2ccccc21)N1CCCC(CNC(=O)C2CCCN2)C1.Cl. The molecule has 1 aromatic carbocycles. The zero-order chi connectivity index (χ0) is 19.5. The first-order valence-electron chi connectivity index (χ1n) is 10.8. The van der Waals surface area contributed by atoms with Crippen LogP contribution >= 0.6 is 12.4 Å². The fourth-order valence-electron chi connectivity index (χ4n) is 4.84. The smallest absolute Gasteiger partial charge is 0.244 e. The van der Waals surface area contributed by atoms with Crippen LogP contribution in [0.25, 0.3) is 0 Å². The van der Waals surface area contributed by atoms with Gasteiger partial charge in [0.25, 0.3) is 0 Å². The predicted octanol–water partition coefficient (Wildman–Crippen LogP) is 1.97. The van der Waals surface area contributed by atoms with Crippen molar-refractivity contribution >= 4 is 29.9 Å². The lowest BCUT2D eigenvalue weighted by Gasteiger charge is -2.37. The third-order valence-electron chi connectivity index (χ3n) is 6.55. The van der Waals surface area contributed by atoms with E-state index >= 15 is 0 Å². The molecule has 0 spiro atoms. The lowest BCUT2D eigenvalue weighted by atomic mass is 9.96. The van der Waals surface area contributed by atoms with Crippen LogP contribution in [0.4, 0.5) is 5.69 Å². The summed E-state index contributed by atoms with van der Waals surface area (Å²) in [6.07, 6.45) is 5.15. The Hall–Kier alpha value is -1.63. The van der Waals surface area contributed by atoms with Gasteiger partial charge in [-0.05, 0) is 69.7 Å². The lowest BCUT2D eigenvalue weighted by Crippen LogP contribution is -2.52. The Kier molecular flexibility index (Phi) is 7.55. The number of rotatable bonds is 5. The quantitative estimate of drug-likeness (QED) is 0.764. The molecule has 3 heterocycles. The number of nitrogens with one attached hydrogen (secondary N) is 2. The van der Waals surface area contributed by atoms with Crippen LogP contribution in [-0.2, 0) is 16.0 Å². The van der Waals surface area contributed by atoms with Gasteiger partial charge in [0.2, 0.25) is 11.8 Å². The van der Waals surface area contributed by atoms with Crippen LogP contribution in [0, 0.1) is 5.92 Å². The van der Waals surface area contributed by atoms with E-state index < -0.39 is 0 Å². The molecule has 2 N–H and O–H groups in total. The van der Waals surface area contributed by atoms with Crippen LogP contribution in [0.3, 0.4) is 0 Å². The lowest BCUT2D eigenvalue weighted by molar-refractivity contribution is -0.125. The maximum absolute atomic E-state index is 13.2. The van der Waals surface area contributed by atoms with E-state index in [9.17, 15) is 9.59 Å². The molecule has 7 heteroatoms. The molecule has 0 aromatic heterocycles. The minimum atomic E-state index is -0.124. The Morgan fingerprint density at radius 1 is 1.21 bits per heavy atom. The van der Waals surface area contributed by atoms with Gasteiger partial charge in [0.1, 0.15) is 0 Å². The summed E-state index contributed by atoms with van der Waals surface area (Å²) < 4.78 is 0. The first-order valence-corrected chi connectivity index (χ1v) is 10.8. The normalized spacial score (nSPS) is 25.2. The topological polar surface area (TPSA) is 64.7 Å². The van der Waals surface area contributed by atoms with E-state index in [4.69, 9.17) is 0 Å². The van der Waals surface area contributed by atoms with Crippen molar-refractivity contribution in [3.8, 4) is 0 Å². The molecule has 6 nitrogen and oxygen atoms in total. The van der Waals surface area contributed by atoms with Gasteiger partial charge in [0.15, 0.2) is 0 Å². The number of halogens is 1. The average molecular weight is 421 g/mol. The Balaban J connectivity index is 0.00000240. The van der Waals surface area contributed by atoms with Gasteiger partial charge < -0.3 is 15.5 Å². The minimum Gasteiger partial charge on any atom is -0.354 e. The van der Waals surface area contributed by atoms with Crippen LogP contribution < -0.4 is 15.5 Å². The first kappa shape index (κ1) is 22.1. The van der Waals surface area contributed by atoms with E-state index in [0.29, 0.717) is 12.5 Å². The number of fused-ring (bicyclic) bond motifs is 1. The summed E-state index contributed by atoms with van der Waals surface area (Å²) in [5.41, 5.74) is 2.34. The van der Waals surface area contributed by atoms with Gasteiger partial charge in [0, 0.05) is 25.3 Å². The molecule has 3 aliphatic heterocycles. The molecule has 2 saturated heterocycles. The first-order chi connectivity index (χ1) is 13.6. The summed E-state index contributed by atoms with van der Waals surface area (Å²) in [5.74, 6) is 0.748. The van der Waals surface area contributed by atoms with Crippen molar-refractivity contribution in [3.63, 3.8) is 0 Å².